The normalized spacial score (nSPS) is 12.4. The second-order valence-electron chi connectivity index (χ2n) is 24.8. The topological polar surface area (TPSA) is 78.9 Å². The van der Waals surface area contributed by atoms with Crippen molar-refractivity contribution < 1.29 is 28.6 Å². The number of hydrogen-bond donors (Lipinski definition) is 0. The molecule has 0 aliphatic rings. The van der Waals surface area contributed by atoms with Gasteiger partial charge < -0.3 is 14.2 Å². The predicted octanol–water partition coefficient (Wildman–Crippen LogP) is 25.5. The van der Waals surface area contributed by atoms with Gasteiger partial charge in [-0.15, -0.1) is 0 Å². The molecular formula is C77H140O6. The third kappa shape index (κ3) is 69.8. The molecule has 0 saturated carbocycles. The molecule has 0 rings (SSSR count). The number of hydrogen-bond acceptors (Lipinski definition) is 6. The minimum absolute atomic E-state index is 0.0784. The summed E-state index contributed by atoms with van der Waals surface area (Å²) in [7, 11) is 0. The Kier molecular flexibility index (Phi) is 69.1. The van der Waals surface area contributed by atoms with E-state index in [1.807, 2.05) is 0 Å². The van der Waals surface area contributed by atoms with Gasteiger partial charge in [0.05, 0.1) is 0 Å². The van der Waals surface area contributed by atoms with E-state index in [1.54, 1.807) is 0 Å². The van der Waals surface area contributed by atoms with Crippen molar-refractivity contribution in [1.29, 1.82) is 0 Å². The lowest BCUT2D eigenvalue weighted by molar-refractivity contribution is -0.167. The molecule has 484 valence electrons. The van der Waals surface area contributed by atoms with Crippen molar-refractivity contribution in [2.24, 2.45) is 0 Å². The molecule has 0 aliphatic heterocycles. The van der Waals surface area contributed by atoms with E-state index in [0.29, 0.717) is 19.3 Å². The van der Waals surface area contributed by atoms with E-state index in [4.69, 9.17) is 14.2 Å². The maximum absolute atomic E-state index is 12.9. The highest BCUT2D eigenvalue weighted by Gasteiger charge is 2.19. The van der Waals surface area contributed by atoms with Gasteiger partial charge in [0.15, 0.2) is 6.10 Å². The van der Waals surface area contributed by atoms with Crippen LogP contribution >= 0.6 is 0 Å². The summed E-state index contributed by atoms with van der Waals surface area (Å²) in [4.78, 5) is 38.4. The zero-order valence-electron chi connectivity index (χ0n) is 55.7. The first-order valence-electron chi connectivity index (χ1n) is 36.8. The van der Waals surface area contributed by atoms with Gasteiger partial charge in [-0.3, -0.25) is 14.4 Å². The standard InChI is InChI=1S/C77H140O6/c1-4-7-10-13-16-19-22-25-28-29-30-31-32-33-34-35-36-37-38-39-40-41-42-43-44-45-46-47-50-52-55-58-61-64-67-70-76(79)82-73-74(83-77(80)71-68-65-62-59-56-53-49-27-24-21-18-15-12-9-6-3)72-81-75(78)69-66-63-60-57-54-51-48-26-23-20-17-14-11-8-5-2/h18,21-22,25-27,29-30,48-49,74H,4-17,19-20,23-24,28,31-47,50-73H2,1-3H3/b21-18-,25-22-,30-29-,48-26-,49-27-. The molecule has 6 heteroatoms. The molecule has 1 atom stereocenters. The minimum Gasteiger partial charge on any atom is -0.462 e. The summed E-state index contributed by atoms with van der Waals surface area (Å²) in [5.74, 6) is -0.878. The third-order valence-electron chi connectivity index (χ3n) is 16.5. The Bertz CT molecular complexity index is 1470. The maximum Gasteiger partial charge on any atom is 0.306 e. The number of esters is 3. The van der Waals surface area contributed by atoms with Crippen molar-refractivity contribution in [2.45, 2.75) is 399 Å². The second kappa shape index (κ2) is 71.6. The van der Waals surface area contributed by atoms with Crippen molar-refractivity contribution in [2.75, 3.05) is 13.2 Å². The van der Waals surface area contributed by atoms with Crippen LogP contribution in [-0.4, -0.2) is 37.2 Å². The van der Waals surface area contributed by atoms with E-state index in [0.717, 1.165) is 96.3 Å². The van der Waals surface area contributed by atoms with Gasteiger partial charge in [0.25, 0.3) is 0 Å². The van der Waals surface area contributed by atoms with Crippen LogP contribution in [0.25, 0.3) is 0 Å². The second-order valence-corrected chi connectivity index (χ2v) is 24.8. The summed E-state index contributed by atoms with van der Waals surface area (Å²) in [5.41, 5.74) is 0. The molecule has 0 aliphatic carbocycles. The highest BCUT2D eigenvalue weighted by Crippen LogP contribution is 2.18. The zero-order valence-corrected chi connectivity index (χ0v) is 55.7. The van der Waals surface area contributed by atoms with Crippen LogP contribution in [0.3, 0.4) is 0 Å². The van der Waals surface area contributed by atoms with Crippen molar-refractivity contribution in [3.8, 4) is 0 Å². The van der Waals surface area contributed by atoms with Crippen molar-refractivity contribution >= 4 is 17.9 Å². The molecule has 0 heterocycles. The Morgan fingerprint density at radius 2 is 0.434 bits per heavy atom. The number of allylic oxidation sites excluding steroid dienone is 10. The minimum atomic E-state index is -0.784. The van der Waals surface area contributed by atoms with Gasteiger partial charge in [-0.2, -0.15) is 0 Å². The van der Waals surface area contributed by atoms with Crippen LogP contribution in [0.1, 0.15) is 393 Å². The van der Waals surface area contributed by atoms with Gasteiger partial charge >= 0.3 is 17.9 Å². The first-order chi connectivity index (χ1) is 41.0. The van der Waals surface area contributed by atoms with Crippen molar-refractivity contribution in [1.82, 2.24) is 0 Å². The quantitative estimate of drug-likeness (QED) is 0.0261. The SMILES string of the molecule is CCCCC/C=C\C/C=C\CCCCCCCC(=O)OC(COC(=O)CCCCCCC/C=C\CCCCCCCC)COC(=O)CCCCCCCCCCCCCCCCCCCCCCCCC/C=C\C/C=C\CCCCCCC. The lowest BCUT2D eigenvalue weighted by Crippen LogP contribution is -2.30. The molecular weight excluding hydrogens is 1020 g/mol. The van der Waals surface area contributed by atoms with Gasteiger partial charge in [-0.25, -0.2) is 0 Å². The smallest absolute Gasteiger partial charge is 0.306 e. The van der Waals surface area contributed by atoms with E-state index < -0.39 is 6.10 Å². The molecule has 1 unspecified atom stereocenters. The Morgan fingerprint density at radius 1 is 0.241 bits per heavy atom. The van der Waals surface area contributed by atoms with Crippen LogP contribution in [0.2, 0.25) is 0 Å². The summed E-state index contributed by atoms with van der Waals surface area (Å²) >= 11 is 0. The fourth-order valence-electron chi connectivity index (χ4n) is 10.9. The molecule has 6 nitrogen and oxygen atoms in total. The molecule has 0 N–H and O–H groups in total. The zero-order chi connectivity index (χ0) is 59.9. The number of rotatable bonds is 68. The molecule has 0 bridgehead atoms. The average Bonchev–Trinajstić information content (AvgIpc) is 3.50. The van der Waals surface area contributed by atoms with Crippen LogP contribution in [-0.2, 0) is 28.6 Å². The molecule has 0 amide bonds. The molecule has 0 aromatic heterocycles. The van der Waals surface area contributed by atoms with Gasteiger partial charge in [0, 0.05) is 19.3 Å². The Labute approximate surface area is 517 Å². The summed E-state index contributed by atoms with van der Waals surface area (Å²) in [6.07, 6.45) is 92.7. The van der Waals surface area contributed by atoms with E-state index in [-0.39, 0.29) is 31.1 Å². The number of ether oxygens (including phenoxy) is 3. The van der Waals surface area contributed by atoms with Gasteiger partial charge in [0.2, 0.25) is 0 Å². The van der Waals surface area contributed by atoms with Gasteiger partial charge in [-0.1, -0.05) is 326 Å². The van der Waals surface area contributed by atoms with E-state index in [2.05, 4.69) is 81.5 Å². The van der Waals surface area contributed by atoms with Gasteiger partial charge in [0.1, 0.15) is 13.2 Å². The van der Waals surface area contributed by atoms with Crippen LogP contribution < -0.4 is 0 Å². The number of carbonyl (C=O) groups is 3. The summed E-state index contributed by atoms with van der Waals surface area (Å²) < 4.78 is 17.0. The lowest BCUT2D eigenvalue weighted by Gasteiger charge is -2.18. The first kappa shape index (κ1) is 80.1. The Morgan fingerprint density at radius 3 is 0.699 bits per heavy atom. The van der Waals surface area contributed by atoms with Crippen molar-refractivity contribution in [3.05, 3.63) is 60.8 Å². The predicted molar refractivity (Wildman–Crippen MR) is 362 cm³/mol. The molecule has 83 heavy (non-hydrogen) atoms. The van der Waals surface area contributed by atoms with Crippen molar-refractivity contribution in [3.63, 3.8) is 0 Å². The highest BCUT2D eigenvalue weighted by atomic mass is 16.6. The third-order valence-corrected chi connectivity index (χ3v) is 16.5. The monoisotopic (exact) mass is 1160 g/mol. The Balaban J connectivity index is 4.10. The first-order valence-corrected chi connectivity index (χ1v) is 36.8. The maximum atomic E-state index is 12.9. The van der Waals surface area contributed by atoms with Crippen LogP contribution in [0.15, 0.2) is 60.8 Å². The molecule has 0 saturated heterocycles. The fourth-order valence-corrected chi connectivity index (χ4v) is 10.9. The van der Waals surface area contributed by atoms with Gasteiger partial charge in [-0.05, 0) is 109 Å². The Hall–Kier alpha value is -2.89. The fraction of sp³-hybridized carbons (Fsp3) is 0.831. The number of carbonyl (C=O) groups excluding carboxylic acids is 3. The summed E-state index contributed by atoms with van der Waals surface area (Å²) in [6, 6.07) is 0. The number of unbranched alkanes of at least 4 members (excludes halogenated alkanes) is 47. The van der Waals surface area contributed by atoms with Crippen LogP contribution in [0.4, 0.5) is 0 Å². The lowest BCUT2D eigenvalue weighted by atomic mass is 10.0. The molecule has 0 aromatic carbocycles. The summed E-state index contributed by atoms with van der Waals surface area (Å²) in [5, 5.41) is 0. The van der Waals surface area contributed by atoms with E-state index >= 15 is 0 Å². The largest absolute Gasteiger partial charge is 0.462 e. The molecule has 0 fully saturated rings. The molecule has 0 spiro atoms. The molecule has 0 aromatic rings. The van der Waals surface area contributed by atoms with Crippen LogP contribution in [0.5, 0.6) is 0 Å². The highest BCUT2D eigenvalue weighted by molar-refractivity contribution is 5.71. The van der Waals surface area contributed by atoms with Crippen LogP contribution in [0, 0.1) is 0 Å². The van der Waals surface area contributed by atoms with E-state index in [1.165, 1.54) is 257 Å². The van der Waals surface area contributed by atoms with E-state index in [9.17, 15) is 14.4 Å². The molecule has 0 radical (unpaired) electrons. The average molecular weight is 1160 g/mol. The summed E-state index contributed by atoms with van der Waals surface area (Å²) in [6.45, 7) is 6.63.